The van der Waals surface area contributed by atoms with Crippen LogP contribution in [0, 0.1) is 0 Å². The largest absolute Gasteiger partial charge is 0.726 e. The van der Waals surface area contributed by atoms with Crippen LogP contribution in [0.5, 0.6) is 0 Å². The van der Waals surface area contributed by atoms with Gasteiger partial charge in [0.1, 0.15) is 19.0 Å². The second-order valence-electron chi connectivity index (χ2n) is 8.89. The highest BCUT2D eigenvalue weighted by atomic mass is 32.3. The third-order valence-electron chi connectivity index (χ3n) is 5.48. The number of hydrogen-bond donors (Lipinski definition) is 0. The fourth-order valence-corrected chi connectivity index (χ4v) is 3.74. The lowest BCUT2D eigenvalue weighted by molar-refractivity contribution is -0.671. The maximum Gasteiger partial charge on any atom is 0.364 e. The van der Waals surface area contributed by atoms with Gasteiger partial charge in [-0.05, 0) is 18.4 Å². The minimum Gasteiger partial charge on any atom is -0.726 e. The van der Waals surface area contributed by atoms with Crippen LogP contribution in [0.4, 0.5) is 0 Å². The van der Waals surface area contributed by atoms with Gasteiger partial charge >= 0.3 is 11.9 Å². The van der Waals surface area contributed by atoms with E-state index in [-0.39, 0.29) is 13.2 Å². The zero-order valence-electron chi connectivity index (χ0n) is 22.8. The second-order valence-corrected chi connectivity index (χ2v) is 9.95. The molecule has 1 aromatic carbocycles. The lowest BCUT2D eigenvalue weighted by Gasteiger charge is -2.13. The van der Waals surface area contributed by atoms with Gasteiger partial charge < -0.3 is 14.0 Å². The maximum atomic E-state index is 12.5. The summed E-state index contributed by atoms with van der Waals surface area (Å²) >= 11 is 0. The smallest absolute Gasteiger partial charge is 0.364 e. The quantitative estimate of drug-likeness (QED) is 0.0712. The summed E-state index contributed by atoms with van der Waals surface area (Å²) in [5.41, 5.74) is 0.865. The predicted octanol–water partition coefficient (Wildman–Crippen LogP) is 4.15. The Kier molecular flexibility index (Phi) is 16.9. The topological polar surface area (TPSA) is 128 Å². The van der Waals surface area contributed by atoms with Crippen LogP contribution < -0.4 is 4.57 Å². The van der Waals surface area contributed by atoms with E-state index in [4.69, 9.17) is 9.47 Å². The van der Waals surface area contributed by atoms with Gasteiger partial charge in [-0.15, -0.1) is 0 Å². The summed E-state index contributed by atoms with van der Waals surface area (Å²) in [6.07, 6.45) is 14.1. The number of aryl methyl sites for hydroxylation is 1. The zero-order valence-corrected chi connectivity index (χ0v) is 23.6. The Bertz CT molecular complexity index is 1020. The maximum absolute atomic E-state index is 12.5. The molecule has 0 fully saturated rings. The number of hydrogen-bond acceptors (Lipinski definition) is 8. The number of imidazole rings is 1. The molecular formula is C27H42N2O8S. The molecule has 1 aromatic heterocycles. The van der Waals surface area contributed by atoms with E-state index in [0.29, 0.717) is 13.0 Å². The zero-order chi connectivity index (χ0) is 28.2. The summed E-state index contributed by atoms with van der Waals surface area (Å²) in [6, 6.07) is 8.22. The molecule has 0 aliphatic heterocycles. The molecule has 0 bridgehead atoms. The van der Waals surface area contributed by atoms with Gasteiger partial charge in [-0.3, -0.25) is 4.18 Å². The molecule has 0 N–H and O–H groups in total. The first kappa shape index (κ1) is 33.3. The van der Waals surface area contributed by atoms with Gasteiger partial charge in [-0.1, -0.05) is 89.1 Å². The summed E-state index contributed by atoms with van der Waals surface area (Å²) in [6.45, 7) is 4.66. The Morgan fingerprint density at radius 3 is 2.08 bits per heavy atom. The summed E-state index contributed by atoms with van der Waals surface area (Å²) in [4.78, 5) is 24.9. The van der Waals surface area contributed by atoms with Crippen LogP contribution in [0.1, 0.15) is 83.2 Å². The fourth-order valence-electron chi connectivity index (χ4n) is 3.42. The summed E-state index contributed by atoms with van der Waals surface area (Å²) in [7, 11) is -2.66. The molecule has 1 unspecified atom stereocenters. The molecule has 0 spiro atoms. The van der Waals surface area contributed by atoms with E-state index in [9.17, 15) is 22.6 Å². The highest BCUT2D eigenvalue weighted by Crippen LogP contribution is 2.13. The number of carbonyl (C=O) groups excluding carboxylic acids is 2. The molecule has 11 heteroatoms. The van der Waals surface area contributed by atoms with Crippen molar-refractivity contribution in [3.63, 3.8) is 0 Å². The number of ether oxygens (including phenoxy) is 2. The number of esters is 2. The first-order valence-corrected chi connectivity index (χ1v) is 14.5. The number of unbranched alkanes of at least 4 members (excludes halogenated alkanes) is 7. The van der Waals surface area contributed by atoms with Crippen LogP contribution in [0.15, 0.2) is 49.1 Å². The van der Waals surface area contributed by atoms with Gasteiger partial charge in [0.15, 0.2) is 0 Å². The first-order valence-electron chi connectivity index (χ1n) is 13.2. The van der Waals surface area contributed by atoms with Crippen molar-refractivity contribution in [3.8, 4) is 0 Å². The molecule has 2 rings (SSSR count). The molecule has 38 heavy (non-hydrogen) atoms. The molecule has 10 nitrogen and oxygen atoms in total. The molecule has 0 aliphatic rings. The van der Waals surface area contributed by atoms with E-state index in [2.05, 4.69) is 18.0 Å². The number of benzene rings is 1. The van der Waals surface area contributed by atoms with Crippen molar-refractivity contribution in [2.24, 2.45) is 7.05 Å². The molecule has 2 aromatic rings. The Hall–Kier alpha value is -2.76. The predicted molar refractivity (Wildman–Crippen MR) is 140 cm³/mol. The monoisotopic (exact) mass is 554 g/mol. The Morgan fingerprint density at radius 2 is 1.47 bits per heavy atom. The Labute approximate surface area is 226 Å². The van der Waals surface area contributed by atoms with Crippen LogP contribution in [-0.4, -0.2) is 42.7 Å². The van der Waals surface area contributed by atoms with Crippen molar-refractivity contribution in [1.29, 1.82) is 0 Å². The third-order valence-corrected chi connectivity index (χ3v) is 5.93. The lowest BCUT2D eigenvalue weighted by atomic mass is 10.1. The van der Waals surface area contributed by atoms with Crippen molar-refractivity contribution in [3.05, 3.63) is 54.6 Å². The molecule has 0 aliphatic carbocycles. The summed E-state index contributed by atoms with van der Waals surface area (Å²) in [5, 5.41) is 0. The molecule has 0 saturated carbocycles. The number of carbonyl (C=O) groups is 2. The minimum atomic E-state index is -4.47. The lowest BCUT2D eigenvalue weighted by Crippen LogP contribution is -2.32. The highest BCUT2D eigenvalue weighted by molar-refractivity contribution is 7.80. The van der Waals surface area contributed by atoms with Gasteiger partial charge in [0.2, 0.25) is 16.7 Å². The normalized spacial score (nSPS) is 11.8. The summed E-state index contributed by atoms with van der Waals surface area (Å²) in [5.74, 6) is -1.22. The molecule has 1 atom stereocenters. The van der Waals surface area contributed by atoms with E-state index in [1.54, 1.807) is 23.3 Å². The van der Waals surface area contributed by atoms with Crippen LogP contribution in [-0.2, 0) is 47.3 Å². The number of aromatic nitrogens is 2. The standard InChI is InChI=1S/C19H25N2O4.C8H18O4S/c1-3-4-8-13-24-18(22)17(21-12-11-20(2)15-21)19(23)25-14-16-9-6-5-7-10-16;1-2-3-4-5-6-7-8-12-13(9,10)11/h5-7,9-12,15,17H,3-4,8,13-14H2,1-2H3;2-8H2,1H3,(H,9,10,11)/q+1;/p-1. The van der Waals surface area contributed by atoms with Crippen molar-refractivity contribution < 1.29 is 40.8 Å². The van der Waals surface area contributed by atoms with E-state index in [1.165, 1.54) is 23.8 Å². The van der Waals surface area contributed by atoms with E-state index in [1.807, 2.05) is 37.4 Å². The van der Waals surface area contributed by atoms with Crippen molar-refractivity contribution >= 4 is 22.3 Å². The molecule has 0 radical (unpaired) electrons. The molecule has 214 valence electrons. The Morgan fingerprint density at radius 1 is 0.895 bits per heavy atom. The fraction of sp³-hybridized carbons (Fsp3) is 0.593. The van der Waals surface area contributed by atoms with Crippen LogP contribution in [0.25, 0.3) is 0 Å². The number of nitrogens with zero attached hydrogens (tertiary/aromatic N) is 2. The molecule has 0 amide bonds. The van der Waals surface area contributed by atoms with Crippen molar-refractivity contribution in [1.82, 2.24) is 4.57 Å². The molecule has 1 heterocycles. The van der Waals surface area contributed by atoms with Gasteiger partial charge in [0, 0.05) is 0 Å². The van der Waals surface area contributed by atoms with Crippen molar-refractivity contribution in [2.75, 3.05) is 13.2 Å². The van der Waals surface area contributed by atoms with E-state index in [0.717, 1.165) is 37.7 Å². The first-order chi connectivity index (χ1) is 18.2. The molecular weight excluding hydrogens is 512 g/mol. The third kappa shape index (κ3) is 15.5. The van der Waals surface area contributed by atoms with Crippen LogP contribution in [0.3, 0.4) is 0 Å². The van der Waals surface area contributed by atoms with E-state index < -0.39 is 28.4 Å². The highest BCUT2D eigenvalue weighted by Gasteiger charge is 2.36. The average molecular weight is 555 g/mol. The van der Waals surface area contributed by atoms with Gasteiger partial charge in [0.25, 0.3) is 6.04 Å². The van der Waals surface area contributed by atoms with Crippen molar-refractivity contribution in [2.45, 2.75) is 84.3 Å². The molecule has 0 saturated heterocycles. The van der Waals surface area contributed by atoms with Gasteiger partial charge in [0.05, 0.1) is 20.3 Å². The summed E-state index contributed by atoms with van der Waals surface area (Å²) < 4.78 is 47.9. The van der Waals surface area contributed by atoms with Crippen LogP contribution in [0.2, 0.25) is 0 Å². The van der Waals surface area contributed by atoms with E-state index >= 15 is 0 Å². The second kappa shape index (κ2) is 19.3. The number of rotatable bonds is 17. The SMILES string of the molecule is CCCCCCCCOS(=O)(=O)[O-].CCCCCOC(=O)C(C(=O)OCc1ccccc1)n1cc[n+](C)c1. The van der Waals surface area contributed by atoms with Gasteiger partial charge in [-0.2, -0.15) is 0 Å². The Balaban J connectivity index is 0.000000471. The average Bonchev–Trinajstić information content (AvgIpc) is 3.31. The minimum absolute atomic E-state index is 0.0258. The van der Waals surface area contributed by atoms with Crippen LogP contribution >= 0.6 is 0 Å². The van der Waals surface area contributed by atoms with Gasteiger partial charge in [-0.25, -0.2) is 27.1 Å².